The Kier molecular flexibility index (Phi) is 43.1. The smallest absolute Gasteiger partial charge is 0.326 e. The summed E-state index contributed by atoms with van der Waals surface area (Å²) >= 11 is 8.25. The molecule has 114 heavy (non-hydrogen) atoms. The number of aromatic hydroxyl groups is 2. The molecule has 44 heteroatoms. The second kappa shape index (κ2) is 49.5. The highest BCUT2D eigenvalue weighted by atomic mass is 32.1. The van der Waals surface area contributed by atoms with Gasteiger partial charge in [0.25, 0.3) is 0 Å². The first kappa shape index (κ1) is 99.1. The Morgan fingerprint density at radius 3 is 1.04 bits per heavy atom. The Bertz CT molecular complexity index is 3690. The number of aliphatic carboxylic acids is 2. The van der Waals surface area contributed by atoms with Crippen LogP contribution in [0, 0.1) is 17.8 Å². The summed E-state index contributed by atoms with van der Waals surface area (Å²) in [6, 6.07) is -13.8. The number of hydrogen-bond donors (Lipinski definition) is 26. The molecule has 0 aliphatic heterocycles. The number of carboxylic acids is 2. The fraction of sp³-hybridized carbons (Fsp3) is 0.571. The minimum Gasteiger partial charge on any atom is -0.508 e. The normalized spacial score (nSPS) is 15.4. The second-order valence-corrected chi connectivity index (χ2v) is 28.4. The summed E-state index contributed by atoms with van der Waals surface area (Å²) in [7, 11) is 0. The molecule has 0 radical (unpaired) electrons. The van der Waals surface area contributed by atoms with Crippen LogP contribution in [-0.2, 0) is 99.1 Å². The molecule has 0 bridgehead atoms. The number of aliphatic hydroxyl groups is 3. The van der Waals surface area contributed by atoms with Crippen molar-refractivity contribution in [3.8, 4) is 11.5 Å². The van der Waals surface area contributed by atoms with Gasteiger partial charge in [0.2, 0.25) is 94.5 Å². The summed E-state index contributed by atoms with van der Waals surface area (Å²) in [5, 5.41) is 100.0. The number of benzene rings is 2. The third-order valence-electron chi connectivity index (χ3n) is 17.2. The lowest BCUT2D eigenvalue weighted by atomic mass is 9.97. The lowest BCUT2D eigenvalue weighted by Gasteiger charge is -2.29. The molecular weight excluding hydrogens is 1540 g/mol. The topological polar surface area (TPSA) is 709 Å². The number of phenolic OH excluding ortho intramolecular Hbond substituents is 2. The number of hydrogen-bond acceptors (Lipinski definition) is 26. The van der Waals surface area contributed by atoms with E-state index in [4.69, 9.17) is 22.9 Å². The molecule has 0 aliphatic carbocycles. The number of nitrogens with one attached hydrogen (secondary N) is 13. The summed E-state index contributed by atoms with van der Waals surface area (Å²) in [6.07, 6.45) is -7.14. The third-order valence-corrected chi connectivity index (χ3v) is 18.0. The summed E-state index contributed by atoms with van der Waals surface area (Å²) in [4.78, 5) is 242. The Balaban J connectivity index is 2.58. The molecule has 2 aromatic carbocycles. The fourth-order valence-electron chi connectivity index (χ4n) is 10.7. The van der Waals surface area contributed by atoms with Gasteiger partial charge >= 0.3 is 11.9 Å². The zero-order valence-electron chi connectivity index (χ0n) is 63.8. The van der Waals surface area contributed by atoms with Crippen molar-refractivity contribution < 1.29 is 122 Å². The van der Waals surface area contributed by atoms with E-state index >= 15 is 0 Å². The van der Waals surface area contributed by atoms with E-state index in [2.05, 4.69) is 89.1 Å². The van der Waals surface area contributed by atoms with E-state index in [1.54, 1.807) is 41.5 Å². The average Bonchev–Trinajstić information content (AvgIpc) is 0.850. The number of rotatable bonds is 52. The zero-order valence-corrected chi connectivity index (χ0v) is 65.6. The van der Waals surface area contributed by atoms with Crippen LogP contribution in [0.3, 0.4) is 0 Å². The highest BCUT2D eigenvalue weighted by molar-refractivity contribution is 7.80. The Hall–Kier alpha value is -11.0. The van der Waals surface area contributed by atoms with Crippen LogP contribution in [-0.4, -0.2) is 258 Å². The molecule has 0 spiro atoms. The molecule has 0 unspecified atom stereocenters. The van der Waals surface area contributed by atoms with E-state index in [-0.39, 0.29) is 41.9 Å². The molecule has 0 heterocycles. The van der Waals surface area contributed by atoms with Gasteiger partial charge in [-0.2, -0.15) is 25.3 Å². The van der Waals surface area contributed by atoms with Gasteiger partial charge < -0.3 is 128 Å². The van der Waals surface area contributed by atoms with Crippen molar-refractivity contribution in [1.82, 2.24) is 69.1 Å². The Morgan fingerprint density at radius 2 is 0.675 bits per heavy atom. The van der Waals surface area contributed by atoms with Crippen LogP contribution >= 0.6 is 25.3 Å². The fourth-order valence-corrected chi connectivity index (χ4v) is 11.2. The number of primary amides is 3. The van der Waals surface area contributed by atoms with Crippen molar-refractivity contribution in [2.75, 3.05) is 24.7 Å². The lowest BCUT2D eigenvalue weighted by molar-refractivity contribution is -0.143. The predicted octanol–water partition coefficient (Wildman–Crippen LogP) is -8.16. The molecule has 0 saturated carbocycles. The summed E-state index contributed by atoms with van der Waals surface area (Å²) in [6.45, 7) is 8.83. The van der Waals surface area contributed by atoms with Gasteiger partial charge in [-0.05, 0) is 85.8 Å². The van der Waals surface area contributed by atoms with Gasteiger partial charge in [-0.1, -0.05) is 72.2 Å². The number of phenols is 2. The van der Waals surface area contributed by atoms with Gasteiger partial charge in [0.05, 0.1) is 32.2 Å². The van der Waals surface area contributed by atoms with Crippen molar-refractivity contribution in [2.45, 2.75) is 210 Å². The summed E-state index contributed by atoms with van der Waals surface area (Å²) in [5.74, 6) is -24.4. The number of amides is 16. The van der Waals surface area contributed by atoms with E-state index in [1.807, 2.05) is 5.32 Å². The predicted molar refractivity (Wildman–Crippen MR) is 409 cm³/mol. The monoisotopic (exact) mass is 1650 g/mol. The number of carboxylic acid groups (broad SMARTS) is 2. The van der Waals surface area contributed by atoms with Gasteiger partial charge in [0.1, 0.15) is 96.1 Å². The number of thiol groups is 2. The van der Waals surface area contributed by atoms with Crippen LogP contribution in [0.25, 0.3) is 0 Å². The largest absolute Gasteiger partial charge is 0.508 e. The maximum atomic E-state index is 14.7. The highest BCUT2D eigenvalue weighted by Crippen LogP contribution is 2.18. The molecular formula is C70H107N17O25S2. The van der Waals surface area contributed by atoms with E-state index in [0.29, 0.717) is 0 Å². The molecule has 0 saturated heterocycles. The van der Waals surface area contributed by atoms with E-state index < -0.39 is 291 Å². The maximum Gasteiger partial charge on any atom is 0.326 e. The van der Waals surface area contributed by atoms with Crippen molar-refractivity contribution in [3.05, 3.63) is 59.7 Å². The zero-order chi connectivity index (χ0) is 86.5. The second-order valence-electron chi connectivity index (χ2n) is 27.7. The summed E-state index contributed by atoms with van der Waals surface area (Å²) < 4.78 is 0. The molecule has 0 aliphatic rings. The lowest BCUT2D eigenvalue weighted by Crippen LogP contribution is -2.62. The van der Waals surface area contributed by atoms with Crippen LogP contribution < -0.4 is 92.1 Å². The van der Waals surface area contributed by atoms with Gasteiger partial charge in [-0.25, -0.2) is 4.79 Å². The van der Waals surface area contributed by atoms with Crippen LogP contribution in [0.1, 0.15) is 117 Å². The minimum absolute atomic E-state index is 0.190. The number of carbonyl (C=O) groups excluding carboxylic acids is 16. The average molecular weight is 1650 g/mol. The third kappa shape index (κ3) is 35.4. The van der Waals surface area contributed by atoms with Crippen molar-refractivity contribution in [1.29, 1.82) is 0 Å². The van der Waals surface area contributed by atoms with E-state index in [1.165, 1.54) is 55.5 Å². The van der Waals surface area contributed by atoms with Gasteiger partial charge in [0.15, 0.2) is 0 Å². The molecule has 16 atom stereocenters. The van der Waals surface area contributed by atoms with Gasteiger partial charge in [-0.15, -0.1) is 0 Å². The van der Waals surface area contributed by atoms with E-state index in [9.17, 15) is 122 Å². The molecule has 2 aromatic rings. The first-order valence-electron chi connectivity index (χ1n) is 36.1. The molecule has 42 nitrogen and oxygen atoms in total. The standard InChI is InChI=1S/C70H107N17O25S2/c1-8-33(6)56(87-65(106)48(28-89)84-68(109)55(74)34(7)90)69(110)86-50(30-114)67(108)83-47(27-88)64(105)78-42(22-32(4)5)60(101)79-43(23-35-9-13-37(91)14-10-35)61(102)75-39(17-19-51(71)93)57(98)77-41(21-31(2)3)59(100)76-40(18-20-54(96)97)58(99)81-45(25-52(72)94)63(104)80-44(24-36-11-15-38(92)16-12-36)62(103)85-49(29-113)66(107)82-46(70(111)112)26-53(73)95/h9-16,31-34,39-50,55-56,88-92,113-114H,8,17-30,74H2,1-7H3,(H2,71,93)(H2,72,94)(H2,73,95)(H,75,102)(H,76,100)(H,77,98)(H,78,105)(H,79,101)(H,80,104)(H,81,99)(H,82,107)(H,83,108)(H,84,109)(H,85,103)(H,86,110)(H,87,106)(H,96,97)(H,111,112)/t33-,34+,39-,40-,41-,42-,43-,44-,45-,46-,47-,48-,49-,50-,55-,56-/m0/s1. The molecule has 2 rings (SSSR count). The first-order chi connectivity index (χ1) is 53.4. The van der Waals surface area contributed by atoms with Crippen LogP contribution in [0.5, 0.6) is 11.5 Å². The minimum atomic E-state index is -2.05. The Labute approximate surface area is 666 Å². The molecule has 16 amide bonds. The number of nitrogens with two attached hydrogens (primary N) is 4. The molecule has 634 valence electrons. The van der Waals surface area contributed by atoms with Crippen molar-refractivity contribution >= 4 is 132 Å². The van der Waals surface area contributed by atoms with Crippen LogP contribution in [0.4, 0.5) is 0 Å². The molecule has 0 fully saturated rings. The quantitative estimate of drug-likeness (QED) is 0.0274. The molecule has 28 N–H and O–H groups in total. The van der Waals surface area contributed by atoms with Crippen molar-refractivity contribution in [3.63, 3.8) is 0 Å². The Morgan fingerprint density at radius 1 is 0.377 bits per heavy atom. The van der Waals surface area contributed by atoms with Gasteiger partial charge in [-0.3, -0.25) is 81.5 Å². The van der Waals surface area contributed by atoms with Crippen LogP contribution in [0.15, 0.2) is 48.5 Å². The molecule has 0 aromatic heterocycles. The number of aliphatic hydroxyl groups excluding tert-OH is 3. The first-order valence-corrected chi connectivity index (χ1v) is 37.3. The SMILES string of the molecule is CC[C@H](C)[C@H](NC(=O)[C@H](CO)NC(=O)[C@@H](N)[C@@H](C)O)C(=O)N[C@@H](CS)C(=O)N[C@@H](CO)C(=O)N[C@@H](CC(C)C)C(=O)N[C@@H](Cc1ccc(O)cc1)C(=O)N[C@@H](CCC(N)=O)C(=O)N[C@@H](CC(C)C)C(=O)N[C@@H](CCC(=O)O)C(=O)N[C@@H](CC(N)=O)C(=O)N[C@@H](Cc1ccc(O)cc1)C(=O)N[C@@H](CS)C(=O)N[C@@H](CC(N)=O)C(=O)O. The van der Waals surface area contributed by atoms with Crippen LogP contribution in [0.2, 0.25) is 0 Å². The summed E-state index contributed by atoms with van der Waals surface area (Å²) in [5.41, 5.74) is 22.3. The van der Waals surface area contributed by atoms with Crippen molar-refractivity contribution in [2.24, 2.45) is 40.7 Å². The highest BCUT2D eigenvalue weighted by Gasteiger charge is 2.40. The number of carbonyl (C=O) groups is 18. The van der Waals surface area contributed by atoms with E-state index in [0.717, 1.165) is 0 Å². The van der Waals surface area contributed by atoms with Gasteiger partial charge in [0, 0.05) is 37.2 Å². The maximum absolute atomic E-state index is 14.7.